The lowest BCUT2D eigenvalue weighted by Gasteiger charge is -2.04. The number of nitrogens with one attached hydrogen (secondary N) is 3. The molecule has 1 saturated carbocycles. The minimum atomic E-state index is -0.544. The van der Waals surface area contributed by atoms with E-state index in [0.29, 0.717) is 29.0 Å². The van der Waals surface area contributed by atoms with Crippen molar-refractivity contribution in [3.8, 4) is 11.3 Å². The fraction of sp³-hybridized carbons (Fsp3) is 0.375. The van der Waals surface area contributed by atoms with E-state index in [9.17, 15) is 14.4 Å². The van der Waals surface area contributed by atoms with Crippen LogP contribution in [-0.2, 0) is 9.59 Å². The Morgan fingerprint density at radius 1 is 1.44 bits per heavy atom. The zero-order valence-electron chi connectivity index (χ0n) is 13.7. The average Bonchev–Trinajstić information content (AvgIpc) is 2.97. The number of aromatic nitrogens is 2. The molecule has 5 N–H and O–H groups in total. The van der Waals surface area contributed by atoms with Crippen molar-refractivity contribution in [1.82, 2.24) is 15.3 Å². The van der Waals surface area contributed by atoms with E-state index in [0.717, 1.165) is 12.0 Å². The third-order valence-corrected chi connectivity index (χ3v) is 4.85. The molecule has 0 bridgehead atoms. The Balaban J connectivity index is 1.48. The van der Waals surface area contributed by atoms with Gasteiger partial charge in [0.05, 0.1) is 5.69 Å². The molecule has 2 aromatic heterocycles. The zero-order chi connectivity index (χ0) is 18.0. The molecule has 8 nitrogen and oxygen atoms in total. The maximum Gasteiger partial charge on any atom is 0.265 e. The lowest BCUT2D eigenvalue weighted by molar-refractivity contribution is -0.122. The van der Waals surface area contributed by atoms with Crippen LogP contribution in [0.15, 0.2) is 17.6 Å². The number of nitrogens with zero attached hydrogens (tertiary/aromatic N) is 1. The number of H-pyrrole nitrogens is 1. The number of nitrogens with two attached hydrogens (primary N) is 1. The summed E-state index contributed by atoms with van der Waals surface area (Å²) in [7, 11) is 0. The summed E-state index contributed by atoms with van der Waals surface area (Å²) in [5.74, 6) is -0.175. The van der Waals surface area contributed by atoms with Gasteiger partial charge in [-0.15, -0.1) is 11.3 Å². The summed E-state index contributed by atoms with van der Waals surface area (Å²) in [6.07, 6.45) is 2.75. The van der Waals surface area contributed by atoms with Crippen molar-refractivity contribution in [1.29, 1.82) is 0 Å². The van der Waals surface area contributed by atoms with Crippen molar-refractivity contribution in [2.75, 3.05) is 11.9 Å². The molecule has 132 valence electrons. The van der Waals surface area contributed by atoms with Crippen LogP contribution in [0.4, 0.5) is 5.13 Å². The number of amides is 3. The number of primary amides is 1. The van der Waals surface area contributed by atoms with Crippen LogP contribution in [0.3, 0.4) is 0 Å². The van der Waals surface area contributed by atoms with Crippen molar-refractivity contribution in [3.63, 3.8) is 0 Å². The predicted molar refractivity (Wildman–Crippen MR) is 93.9 cm³/mol. The highest BCUT2D eigenvalue weighted by Gasteiger charge is 2.38. The first-order chi connectivity index (χ1) is 11.9. The summed E-state index contributed by atoms with van der Waals surface area (Å²) in [5, 5.41) is 7.72. The molecule has 2 heterocycles. The fourth-order valence-electron chi connectivity index (χ4n) is 2.45. The van der Waals surface area contributed by atoms with Crippen molar-refractivity contribution in [2.45, 2.75) is 19.8 Å². The Hall–Kier alpha value is -2.68. The molecule has 0 spiro atoms. The van der Waals surface area contributed by atoms with Crippen molar-refractivity contribution in [3.05, 3.63) is 23.3 Å². The molecular formula is C16H19N5O3S. The summed E-state index contributed by atoms with van der Waals surface area (Å²) in [5.41, 5.74) is 6.86. The molecule has 0 saturated heterocycles. The summed E-state index contributed by atoms with van der Waals surface area (Å²) >= 11 is 1.28. The minimum absolute atomic E-state index is 0.0227. The van der Waals surface area contributed by atoms with Crippen LogP contribution in [0.25, 0.3) is 11.3 Å². The number of thiazole rings is 1. The van der Waals surface area contributed by atoms with E-state index in [4.69, 9.17) is 5.73 Å². The van der Waals surface area contributed by atoms with Crippen LogP contribution in [0.2, 0.25) is 0 Å². The molecule has 1 aliphatic rings. The van der Waals surface area contributed by atoms with E-state index in [1.165, 1.54) is 11.3 Å². The highest BCUT2D eigenvalue weighted by molar-refractivity contribution is 7.14. The second kappa shape index (κ2) is 7.06. The standard InChI is InChI=1S/C16H19N5O3S/c1-8-4-10(8)15(24)18-3-2-13(22)21-16-20-12(7-25-16)9-5-11(14(17)23)19-6-9/h5-8,10,19H,2-4H2,1H3,(H2,17,23)(H,18,24)(H,20,21,22). The van der Waals surface area contributed by atoms with Gasteiger partial charge in [-0.05, 0) is 18.4 Å². The lowest BCUT2D eigenvalue weighted by Crippen LogP contribution is -2.29. The Morgan fingerprint density at radius 3 is 2.84 bits per heavy atom. The van der Waals surface area contributed by atoms with Crippen molar-refractivity contribution < 1.29 is 14.4 Å². The topological polar surface area (TPSA) is 130 Å². The number of aromatic amines is 1. The van der Waals surface area contributed by atoms with Crippen LogP contribution in [0.5, 0.6) is 0 Å². The molecule has 3 rings (SSSR count). The van der Waals surface area contributed by atoms with E-state index >= 15 is 0 Å². The van der Waals surface area contributed by atoms with Crippen molar-refractivity contribution in [2.24, 2.45) is 17.6 Å². The largest absolute Gasteiger partial charge is 0.364 e. The summed E-state index contributed by atoms with van der Waals surface area (Å²) in [6.45, 7) is 2.35. The second-order valence-electron chi connectivity index (χ2n) is 6.11. The van der Waals surface area contributed by atoms with Gasteiger partial charge < -0.3 is 21.4 Å². The van der Waals surface area contributed by atoms with E-state index < -0.39 is 5.91 Å². The first-order valence-corrected chi connectivity index (χ1v) is 8.83. The van der Waals surface area contributed by atoms with Crippen LogP contribution < -0.4 is 16.4 Å². The average molecular weight is 361 g/mol. The van der Waals surface area contributed by atoms with Crippen LogP contribution >= 0.6 is 11.3 Å². The van der Waals surface area contributed by atoms with Gasteiger partial charge in [0.15, 0.2) is 5.13 Å². The Morgan fingerprint density at radius 2 is 2.20 bits per heavy atom. The van der Waals surface area contributed by atoms with Gasteiger partial charge in [-0.2, -0.15) is 0 Å². The lowest BCUT2D eigenvalue weighted by atomic mass is 10.2. The molecule has 3 amide bonds. The van der Waals surface area contributed by atoms with Gasteiger partial charge in [-0.25, -0.2) is 4.98 Å². The second-order valence-corrected chi connectivity index (χ2v) is 6.97. The molecule has 2 aromatic rings. The van der Waals surface area contributed by atoms with Gasteiger partial charge in [0.25, 0.3) is 5.91 Å². The van der Waals surface area contributed by atoms with Gasteiger partial charge in [-0.3, -0.25) is 14.4 Å². The SMILES string of the molecule is CC1CC1C(=O)NCCC(=O)Nc1nc(-c2c[nH]c(C(N)=O)c2)cs1. The Labute approximate surface area is 148 Å². The first-order valence-electron chi connectivity index (χ1n) is 7.95. The monoisotopic (exact) mass is 361 g/mol. The normalized spacial score (nSPS) is 18.6. The molecule has 0 radical (unpaired) electrons. The van der Waals surface area contributed by atoms with E-state index in [-0.39, 0.29) is 24.2 Å². The van der Waals surface area contributed by atoms with E-state index in [2.05, 4.69) is 20.6 Å². The summed E-state index contributed by atoms with van der Waals surface area (Å²) in [6, 6.07) is 1.61. The van der Waals surface area contributed by atoms with Gasteiger partial charge in [0, 0.05) is 36.0 Å². The Bertz CT molecular complexity index is 812. The maximum absolute atomic E-state index is 11.9. The first kappa shape index (κ1) is 17.2. The number of carbonyl (C=O) groups is 3. The minimum Gasteiger partial charge on any atom is -0.364 e. The van der Waals surface area contributed by atoms with Gasteiger partial charge >= 0.3 is 0 Å². The van der Waals surface area contributed by atoms with Crippen LogP contribution in [0.1, 0.15) is 30.3 Å². The predicted octanol–water partition coefficient (Wildman–Crippen LogP) is 1.34. The van der Waals surface area contributed by atoms with Crippen LogP contribution in [0, 0.1) is 11.8 Å². The summed E-state index contributed by atoms with van der Waals surface area (Å²) in [4.78, 5) is 41.8. The summed E-state index contributed by atoms with van der Waals surface area (Å²) < 4.78 is 0. The van der Waals surface area contributed by atoms with Gasteiger partial charge in [-0.1, -0.05) is 6.92 Å². The number of hydrogen-bond acceptors (Lipinski definition) is 5. The molecule has 2 atom stereocenters. The number of rotatable bonds is 7. The molecule has 0 aliphatic heterocycles. The third kappa shape index (κ3) is 4.24. The maximum atomic E-state index is 11.9. The number of anilines is 1. The quantitative estimate of drug-likeness (QED) is 0.593. The molecule has 1 fully saturated rings. The third-order valence-electron chi connectivity index (χ3n) is 4.09. The Kier molecular flexibility index (Phi) is 4.84. The van der Waals surface area contributed by atoms with Gasteiger partial charge in [0.2, 0.25) is 11.8 Å². The van der Waals surface area contributed by atoms with Crippen molar-refractivity contribution >= 4 is 34.2 Å². The van der Waals surface area contributed by atoms with E-state index in [1.807, 2.05) is 6.92 Å². The number of carbonyl (C=O) groups excluding carboxylic acids is 3. The van der Waals surface area contributed by atoms with Crippen LogP contribution in [-0.4, -0.2) is 34.2 Å². The fourth-order valence-corrected chi connectivity index (χ4v) is 3.18. The molecule has 0 aromatic carbocycles. The molecule has 2 unspecified atom stereocenters. The zero-order valence-corrected chi connectivity index (χ0v) is 14.5. The molecule has 1 aliphatic carbocycles. The van der Waals surface area contributed by atoms with Gasteiger partial charge in [0.1, 0.15) is 5.69 Å². The smallest absolute Gasteiger partial charge is 0.265 e. The highest BCUT2D eigenvalue weighted by Crippen LogP contribution is 2.37. The number of hydrogen-bond donors (Lipinski definition) is 4. The molecule has 25 heavy (non-hydrogen) atoms. The molecule has 9 heteroatoms. The highest BCUT2D eigenvalue weighted by atomic mass is 32.1. The molecular weight excluding hydrogens is 342 g/mol. The van der Waals surface area contributed by atoms with E-state index in [1.54, 1.807) is 17.6 Å².